The van der Waals surface area contributed by atoms with Gasteiger partial charge in [0.1, 0.15) is 10.8 Å². The molecule has 0 saturated carbocycles. The largest absolute Gasteiger partial charge is 0.497 e. The lowest BCUT2D eigenvalue weighted by Crippen LogP contribution is -1.94. The number of nitrogens with zero attached hydrogens (tertiary/aromatic N) is 1. The third-order valence-corrected chi connectivity index (χ3v) is 5.90. The fraction of sp³-hybridized carbons (Fsp3) is 0.136. The molecule has 4 aromatic rings. The summed E-state index contributed by atoms with van der Waals surface area (Å²) in [7, 11) is 1.68. The molecule has 0 bridgehead atoms. The molecular weight excluding hydrogens is 342 g/mol. The van der Waals surface area contributed by atoms with Crippen molar-refractivity contribution in [2.75, 3.05) is 7.11 Å². The first-order chi connectivity index (χ1) is 12.7. The number of methoxy groups -OCH3 is 1. The van der Waals surface area contributed by atoms with Crippen LogP contribution in [0.3, 0.4) is 0 Å². The van der Waals surface area contributed by atoms with Gasteiger partial charge in [-0.1, -0.05) is 61.5 Å². The average molecular weight is 361 g/mol. The molecule has 3 nitrogen and oxygen atoms in total. The van der Waals surface area contributed by atoms with E-state index < -0.39 is 0 Å². The van der Waals surface area contributed by atoms with Crippen molar-refractivity contribution in [2.24, 2.45) is 0 Å². The number of hydrogen-bond donors (Lipinski definition) is 1. The standard InChI is InChI=1S/C22H19NO2S/c1-14(16-8-9-18-13-19(25-2)11-10-17(18)12-16)20-21(24)23-22(26-20)15-6-4-3-5-7-15/h3-14,24H,1-2H3. The Kier molecular flexibility index (Phi) is 4.35. The molecule has 3 aromatic carbocycles. The van der Waals surface area contributed by atoms with Gasteiger partial charge in [-0.05, 0) is 28.5 Å². The molecule has 1 atom stereocenters. The predicted octanol–water partition coefficient (Wildman–Crippen LogP) is 5.83. The van der Waals surface area contributed by atoms with Gasteiger partial charge in [-0.2, -0.15) is 0 Å². The molecule has 1 N–H and O–H groups in total. The van der Waals surface area contributed by atoms with E-state index in [2.05, 4.69) is 36.2 Å². The van der Waals surface area contributed by atoms with Crippen molar-refractivity contribution in [3.63, 3.8) is 0 Å². The van der Waals surface area contributed by atoms with Crippen LogP contribution in [0.2, 0.25) is 0 Å². The van der Waals surface area contributed by atoms with Gasteiger partial charge in [0.25, 0.3) is 0 Å². The van der Waals surface area contributed by atoms with Gasteiger partial charge in [0.2, 0.25) is 5.88 Å². The first kappa shape index (κ1) is 16.6. The molecule has 0 radical (unpaired) electrons. The minimum atomic E-state index is 0.0662. The summed E-state index contributed by atoms with van der Waals surface area (Å²) in [6, 6.07) is 22.4. The number of fused-ring (bicyclic) bond motifs is 1. The summed E-state index contributed by atoms with van der Waals surface area (Å²) < 4.78 is 5.29. The van der Waals surface area contributed by atoms with Gasteiger partial charge < -0.3 is 9.84 Å². The van der Waals surface area contributed by atoms with Gasteiger partial charge in [0.05, 0.1) is 12.0 Å². The highest BCUT2D eigenvalue weighted by Gasteiger charge is 2.19. The Balaban J connectivity index is 1.70. The maximum absolute atomic E-state index is 10.4. The van der Waals surface area contributed by atoms with Crippen molar-refractivity contribution in [3.8, 4) is 22.2 Å². The van der Waals surface area contributed by atoms with Crippen LogP contribution in [0.4, 0.5) is 0 Å². The second-order valence-electron chi connectivity index (χ2n) is 6.27. The van der Waals surface area contributed by atoms with Crippen LogP contribution in [0.25, 0.3) is 21.3 Å². The molecule has 1 aromatic heterocycles. The first-order valence-electron chi connectivity index (χ1n) is 8.48. The van der Waals surface area contributed by atoms with Gasteiger partial charge in [0, 0.05) is 11.5 Å². The van der Waals surface area contributed by atoms with Crippen molar-refractivity contribution in [1.29, 1.82) is 0 Å². The predicted molar refractivity (Wildman–Crippen MR) is 107 cm³/mol. The van der Waals surface area contributed by atoms with E-state index in [1.54, 1.807) is 18.4 Å². The third kappa shape index (κ3) is 3.04. The molecule has 26 heavy (non-hydrogen) atoms. The van der Waals surface area contributed by atoms with Crippen molar-refractivity contribution < 1.29 is 9.84 Å². The Bertz CT molecular complexity index is 1060. The summed E-state index contributed by atoms with van der Waals surface area (Å²) in [5.41, 5.74) is 2.18. The van der Waals surface area contributed by atoms with Crippen molar-refractivity contribution in [3.05, 3.63) is 77.2 Å². The fourth-order valence-electron chi connectivity index (χ4n) is 3.10. The number of thiazole rings is 1. The Hall–Kier alpha value is -2.85. The SMILES string of the molecule is COc1ccc2cc(C(C)c3sc(-c4ccccc4)nc3O)ccc2c1. The number of rotatable bonds is 4. The molecule has 4 rings (SSSR count). The first-order valence-corrected chi connectivity index (χ1v) is 9.30. The second-order valence-corrected chi connectivity index (χ2v) is 7.30. The maximum atomic E-state index is 10.4. The van der Waals surface area contributed by atoms with Crippen LogP contribution in [-0.2, 0) is 0 Å². The van der Waals surface area contributed by atoms with Crippen LogP contribution < -0.4 is 4.74 Å². The molecule has 1 heterocycles. The number of ether oxygens (including phenoxy) is 1. The molecule has 4 heteroatoms. The molecule has 0 aliphatic carbocycles. The van der Waals surface area contributed by atoms with Gasteiger partial charge in [-0.25, -0.2) is 4.98 Å². The molecule has 130 valence electrons. The van der Waals surface area contributed by atoms with Crippen LogP contribution in [0, 0.1) is 0 Å². The van der Waals surface area contributed by atoms with E-state index in [4.69, 9.17) is 4.74 Å². The molecule has 0 spiro atoms. The lowest BCUT2D eigenvalue weighted by atomic mass is 9.96. The average Bonchev–Trinajstić information content (AvgIpc) is 3.09. The van der Waals surface area contributed by atoms with Gasteiger partial charge in [-0.3, -0.25) is 0 Å². The van der Waals surface area contributed by atoms with Crippen LogP contribution in [0.5, 0.6) is 11.6 Å². The second kappa shape index (κ2) is 6.81. The molecular formula is C22H19NO2S. The number of hydrogen-bond acceptors (Lipinski definition) is 4. The summed E-state index contributed by atoms with van der Waals surface area (Å²) in [4.78, 5) is 5.26. The monoisotopic (exact) mass is 361 g/mol. The van der Waals surface area contributed by atoms with Crippen molar-refractivity contribution in [1.82, 2.24) is 4.98 Å². The number of aromatic nitrogens is 1. The molecule has 1 unspecified atom stereocenters. The Morgan fingerprint density at radius 2 is 1.69 bits per heavy atom. The van der Waals surface area contributed by atoms with Gasteiger partial charge >= 0.3 is 0 Å². The summed E-state index contributed by atoms with van der Waals surface area (Å²) >= 11 is 1.55. The highest BCUT2D eigenvalue weighted by atomic mass is 32.1. The highest BCUT2D eigenvalue weighted by molar-refractivity contribution is 7.15. The minimum absolute atomic E-state index is 0.0662. The highest BCUT2D eigenvalue weighted by Crippen LogP contribution is 2.40. The summed E-state index contributed by atoms with van der Waals surface area (Å²) in [5, 5.41) is 13.5. The van der Waals surface area contributed by atoms with E-state index in [0.717, 1.165) is 37.5 Å². The zero-order chi connectivity index (χ0) is 18.1. The van der Waals surface area contributed by atoms with Crippen molar-refractivity contribution in [2.45, 2.75) is 12.8 Å². The Morgan fingerprint density at radius 3 is 2.46 bits per heavy atom. The van der Waals surface area contributed by atoms with Crippen LogP contribution in [0.15, 0.2) is 66.7 Å². The fourth-order valence-corrected chi connectivity index (χ4v) is 4.14. The molecule has 0 aliphatic rings. The smallest absolute Gasteiger partial charge is 0.226 e. The Morgan fingerprint density at radius 1 is 0.962 bits per heavy atom. The van der Waals surface area contributed by atoms with Gasteiger partial charge in [0.15, 0.2) is 0 Å². The van der Waals surface area contributed by atoms with E-state index in [0.29, 0.717) is 0 Å². The summed E-state index contributed by atoms with van der Waals surface area (Å²) in [6.07, 6.45) is 0. The third-order valence-electron chi connectivity index (χ3n) is 4.62. The molecule has 0 fully saturated rings. The summed E-state index contributed by atoms with van der Waals surface area (Å²) in [6.45, 7) is 2.10. The van der Waals surface area contributed by atoms with Gasteiger partial charge in [-0.15, -0.1) is 11.3 Å². The van der Waals surface area contributed by atoms with E-state index in [9.17, 15) is 5.11 Å². The lowest BCUT2D eigenvalue weighted by molar-refractivity contribution is 0.415. The zero-order valence-electron chi connectivity index (χ0n) is 14.6. The van der Waals surface area contributed by atoms with E-state index in [1.807, 2.05) is 42.5 Å². The maximum Gasteiger partial charge on any atom is 0.226 e. The van der Waals surface area contributed by atoms with Crippen LogP contribution >= 0.6 is 11.3 Å². The van der Waals surface area contributed by atoms with Crippen molar-refractivity contribution >= 4 is 22.1 Å². The summed E-state index contributed by atoms with van der Waals surface area (Å²) in [5.74, 6) is 1.04. The Labute approximate surface area is 156 Å². The topological polar surface area (TPSA) is 42.4 Å². The van der Waals surface area contributed by atoms with E-state index >= 15 is 0 Å². The normalized spacial score (nSPS) is 12.2. The van der Waals surface area contributed by atoms with Crippen LogP contribution in [0.1, 0.15) is 23.3 Å². The zero-order valence-corrected chi connectivity index (χ0v) is 15.5. The molecule has 0 saturated heterocycles. The van der Waals surface area contributed by atoms with E-state index in [1.165, 1.54) is 0 Å². The quantitative estimate of drug-likeness (QED) is 0.497. The van der Waals surface area contributed by atoms with Crippen LogP contribution in [-0.4, -0.2) is 17.2 Å². The molecule has 0 aliphatic heterocycles. The molecule has 0 amide bonds. The minimum Gasteiger partial charge on any atom is -0.497 e. The number of aromatic hydroxyl groups is 1. The lowest BCUT2D eigenvalue weighted by Gasteiger charge is -2.11. The van der Waals surface area contributed by atoms with E-state index in [-0.39, 0.29) is 11.8 Å². The number of benzene rings is 3.